The second-order valence-electron chi connectivity index (χ2n) is 14.0. The Bertz CT molecular complexity index is 931. The second-order valence-corrected chi connectivity index (χ2v) is 14.0. The van der Waals surface area contributed by atoms with Crippen molar-refractivity contribution in [2.45, 2.75) is 157 Å². The van der Waals surface area contributed by atoms with Gasteiger partial charge in [-0.15, -0.1) is 0 Å². The number of esters is 2. The Morgan fingerprint density at radius 1 is 0.702 bits per heavy atom. The number of hydrogen-bond acceptors (Lipinski definition) is 7. The molecule has 0 radical (unpaired) electrons. The fourth-order valence-electron chi connectivity index (χ4n) is 6.16. The van der Waals surface area contributed by atoms with Crippen LogP contribution in [-0.4, -0.2) is 84.9 Å². The van der Waals surface area contributed by atoms with Crippen LogP contribution < -0.4 is 5.32 Å². The molecule has 3 amide bonds. The SMILES string of the molecule is CCCCCCCCCCCCCCCCC(CC)C(=O)N1CCN(C(=O)CCNC(=O)C(OC(C)=O)C(C)(C)COC(C)=O)CC1. The van der Waals surface area contributed by atoms with E-state index < -0.39 is 29.4 Å². The molecule has 10 heteroatoms. The molecule has 1 fully saturated rings. The first-order chi connectivity index (χ1) is 22.4. The molecule has 1 aliphatic heterocycles. The highest BCUT2D eigenvalue weighted by Crippen LogP contribution is 2.25. The molecular formula is C37H67N3O7. The summed E-state index contributed by atoms with van der Waals surface area (Å²) in [5, 5.41) is 2.69. The monoisotopic (exact) mass is 665 g/mol. The quantitative estimate of drug-likeness (QED) is 0.0863. The van der Waals surface area contributed by atoms with Crippen molar-refractivity contribution in [3.8, 4) is 0 Å². The van der Waals surface area contributed by atoms with Gasteiger partial charge in [0.25, 0.3) is 5.91 Å². The first kappa shape index (κ1) is 42.4. The van der Waals surface area contributed by atoms with Crippen molar-refractivity contribution in [3.05, 3.63) is 0 Å². The van der Waals surface area contributed by atoms with Crippen LogP contribution in [0.4, 0.5) is 0 Å². The number of nitrogens with one attached hydrogen (secondary N) is 1. The summed E-state index contributed by atoms with van der Waals surface area (Å²) < 4.78 is 10.3. The molecule has 0 spiro atoms. The number of hydrogen-bond donors (Lipinski definition) is 1. The Balaban J connectivity index is 2.29. The van der Waals surface area contributed by atoms with Gasteiger partial charge >= 0.3 is 11.9 Å². The smallest absolute Gasteiger partial charge is 0.303 e. The predicted octanol–water partition coefficient (Wildman–Crippen LogP) is 6.58. The van der Waals surface area contributed by atoms with Crippen LogP contribution in [0, 0.1) is 11.3 Å². The number of unbranched alkanes of at least 4 members (excludes halogenated alkanes) is 13. The van der Waals surface area contributed by atoms with Crippen LogP contribution in [0.1, 0.15) is 151 Å². The van der Waals surface area contributed by atoms with E-state index in [2.05, 4.69) is 19.2 Å². The van der Waals surface area contributed by atoms with E-state index in [1.807, 2.05) is 4.90 Å². The topological polar surface area (TPSA) is 122 Å². The minimum Gasteiger partial charge on any atom is -0.465 e. The molecule has 1 rings (SSSR count). The van der Waals surface area contributed by atoms with E-state index in [0.29, 0.717) is 26.2 Å². The lowest BCUT2D eigenvalue weighted by Crippen LogP contribution is -2.52. The molecule has 0 saturated carbocycles. The summed E-state index contributed by atoms with van der Waals surface area (Å²) in [5.74, 6) is -1.54. The van der Waals surface area contributed by atoms with Gasteiger partial charge in [-0.1, -0.05) is 118 Å². The van der Waals surface area contributed by atoms with Crippen LogP contribution in [0.2, 0.25) is 0 Å². The number of ether oxygens (including phenoxy) is 2. The molecule has 2 unspecified atom stereocenters. The fourth-order valence-corrected chi connectivity index (χ4v) is 6.16. The van der Waals surface area contributed by atoms with Crippen LogP contribution >= 0.6 is 0 Å². The number of piperazine rings is 1. The molecule has 0 bridgehead atoms. The summed E-state index contributed by atoms with van der Waals surface area (Å²) in [5.41, 5.74) is -0.961. The molecule has 0 aromatic rings. The van der Waals surface area contributed by atoms with E-state index in [1.165, 1.54) is 97.3 Å². The molecule has 1 aliphatic rings. The Morgan fingerprint density at radius 2 is 1.19 bits per heavy atom. The van der Waals surface area contributed by atoms with Crippen LogP contribution in [-0.2, 0) is 33.4 Å². The van der Waals surface area contributed by atoms with Crippen LogP contribution in [0.5, 0.6) is 0 Å². The number of rotatable bonds is 25. The highest BCUT2D eigenvalue weighted by Gasteiger charge is 2.39. The molecule has 10 nitrogen and oxygen atoms in total. The molecule has 1 heterocycles. The molecule has 272 valence electrons. The highest BCUT2D eigenvalue weighted by molar-refractivity contribution is 5.85. The normalized spacial score (nSPS) is 14.8. The van der Waals surface area contributed by atoms with Crippen LogP contribution in [0.15, 0.2) is 0 Å². The number of carbonyl (C=O) groups is 5. The van der Waals surface area contributed by atoms with Gasteiger partial charge in [0.1, 0.15) is 6.61 Å². The summed E-state index contributed by atoms with van der Waals surface area (Å²) in [4.78, 5) is 65.5. The van der Waals surface area contributed by atoms with E-state index >= 15 is 0 Å². The third-order valence-electron chi connectivity index (χ3n) is 9.21. The van der Waals surface area contributed by atoms with E-state index in [4.69, 9.17) is 9.47 Å². The summed E-state index contributed by atoms with van der Waals surface area (Å²) in [6.45, 7) is 12.1. The number of amides is 3. The van der Waals surface area contributed by atoms with Gasteiger partial charge in [-0.25, -0.2) is 0 Å². The highest BCUT2D eigenvalue weighted by atomic mass is 16.6. The van der Waals surface area contributed by atoms with Crippen molar-refractivity contribution >= 4 is 29.7 Å². The summed E-state index contributed by atoms with van der Waals surface area (Å²) >= 11 is 0. The van der Waals surface area contributed by atoms with Gasteiger partial charge in [-0.2, -0.15) is 0 Å². The summed E-state index contributed by atoms with van der Waals surface area (Å²) in [6, 6.07) is 0. The first-order valence-electron chi connectivity index (χ1n) is 18.6. The molecule has 47 heavy (non-hydrogen) atoms. The molecule has 2 atom stereocenters. The van der Waals surface area contributed by atoms with Crippen molar-refractivity contribution in [2.75, 3.05) is 39.3 Å². The molecule has 0 aromatic carbocycles. The average molecular weight is 666 g/mol. The lowest BCUT2D eigenvalue weighted by atomic mass is 9.86. The molecule has 1 N–H and O–H groups in total. The minimum atomic E-state index is -1.18. The zero-order valence-corrected chi connectivity index (χ0v) is 30.7. The Morgan fingerprint density at radius 3 is 1.66 bits per heavy atom. The number of carbonyl (C=O) groups excluding carboxylic acids is 5. The Labute approximate surface area is 285 Å². The van der Waals surface area contributed by atoms with Crippen molar-refractivity contribution in [1.29, 1.82) is 0 Å². The third kappa shape index (κ3) is 18.5. The maximum absolute atomic E-state index is 13.2. The molecule has 0 aromatic heterocycles. The van der Waals surface area contributed by atoms with Gasteiger partial charge in [-0.3, -0.25) is 24.0 Å². The zero-order chi connectivity index (χ0) is 35.1. The van der Waals surface area contributed by atoms with Gasteiger partial charge < -0.3 is 24.6 Å². The van der Waals surface area contributed by atoms with E-state index in [-0.39, 0.29) is 37.3 Å². The van der Waals surface area contributed by atoms with Crippen molar-refractivity contribution in [3.63, 3.8) is 0 Å². The Kier molecular flexibility index (Phi) is 22.1. The standard InChI is InChI=1S/C37H67N3O7/c1-7-9-10-11-12-13-14-15-16-17-18-19-20-21-22-32(8-2)36(45)40-27-25-39(26-28-40)33(43)23-24-38-35(44)34(47-31(4)42)37(5,6)29-46-30(3)41/h32,34H,7-29H2,1-6H3,(H,38,44). The summed E-state index contributed by atoms with van der Waals surface area (Å²) in [7, 11) is 0. The largest absolute Gasteiger partial charge is 0.465 e. The fraction of sp³-hybridized carbons (Fsp3) is 0.865. The van der Waals surface area contributed by atoms with Crippen molar-refractivity contribution in [2.24, 2.45) is 11.3 Å². The van der Waals surface area contributed by atoms with Gasteiger partial charge in [0.15, 0.2) is 6.10 Å². The first-order valence-corrected chi connectivity index (χ1v) is 18.6. The zero-order valence-electron chi connectivity index (χ0n) is 30.7. The lowest BCUT2D eigenvalue weighted by molar-refractivity contribution is -0.166. The van der Waals surface area contributed by atoms with Gasteiger partial charge in [-0.05, 0) is 12.8 Å². The van der Waals surface area contributed by atoms with Crippen LogP contribution in [0.3, 0.4) is 0 Å². The minimum absolute atomic E-state index is 0.0417. The molecule has 0 aliphatic carbocycles. The van der Waals surface area contributed by atoms with E-state index in [1.54, 1.807) is 18.7 Å². The van der Waals surface area contributed by atoms with E-state index in [0.717, 1.165) is 19.3 Å². The van der Waals surface area contributed by atoms with Gasteiger partial charge in [0.05, 0.1) is 0 Å². The third-order valence-corrected chi connectivity index (χ3v) is 9.21. The van der Waals surface area contributed by atoms with Crippen molar-refractivity contribution in [1.82, 2.24) is 15.1 Å². The predicted molar refractivity (Wildman–Crippen MR) is 185 cm³/mol. The van der Waals surface area contributed by atoms with Gasteiger partial charge in [0, 0.05) is 64.3 Å². The van der Waals surface area contributed by atoms with Gasteiger partial charge in [0.2, 0.25) is 11.8 Å². The number of nitrogens with zero attached hydrogens (tertiary/aromatic N) is 2. The lowest BCUT2D eigenvalue weighted by Gasteiger charge is -2.36. The summed E-state index contributed by atoms with van der Waals surface area (Å²) in [6.07, 6.45) is 19.2. The second kappa shape index (κ2) is 24.5. The average Bonchev–Trinajstić information content (AvgIpc) is 3.04. The maximum Gasteiger partial charge on any atom is 0.303 e. The van der Waals surface area contributed by atoms with E-state index in [9.17, 15) is 24.0 Å². The van der Waals surface area contributed by atoms with Crippen LogP contribution in [0.25, 0.3) is 0 Å². The molecular weight excluding hydrogens is 598 g/mol. The maximum atomic E-state index is 13.2. The van der Waals surface area contributed by atoms with Crippen molar-refractivity contribution < 1.29 is 33.4 Å². The Hall–Kier alpha value is -2.65. The molecule has 1 saturated heterocycles.